The third kappa shape index (κ3) is 2.08. The van der Waals surface area contributed by atoms with Crippen LogP contribution in [0.3, 0.4) is 0 Å². The van der Waals surface area contributed by atoms with Gasteiger partial charge in [-0.25, -0.2) is 9.97 Å². The highest BCUT2D eigenvalue weighted by Crippen LogP contribution is 2.26. The van der Waals surface area contributed by atoms with Crippen LogP contribution < -0.4 is 5.73 Å². The fourth-order valence-corrected chi connectivity index (χ4v) is 3.03. The SMILES string of the molecule is Nc1ccc2c(c1)ncn2-c1cccc(-c2nccs2)c1. The third-order valence-electron chi connectivity index (χ3n) is 3.37. The average Bonchev–Trinajstić information content (AvgIpc) is 3.16. The lowest BCUT2D eigenvalue weighted by Gasteiger charge is -2.06. The second-order valence-corrected chi connectivity index (χ2v) is 5.64. The van der Waals surface area contributed by atoms with Gasteiger partial charge < -0.3 is 5.73 Å². The average molecular weight is 292 g/mol. The van der Waals surface area contributed by atoms with Gasteiger partial charge in [0.05, 0.1) is 11.0 Å². The molecule has 2 aromatic carbocycles. The lowest BCUT2D eigenvalue weighted by atomic mass is 10.2. The zero-order valence-corrected chi connectivity index (χ0v) is 11.9. The molecule has 2 N–H and O–H groups in total. The number of hydrogen-bond acceptors (Lipinski definition) is 4. The second kappa shape index (κ2) is 4.71. The van der Waals surface area contributed by atoms with E-state index in [9.17, 15) is 0 Å². The molecule has 0 aliphatic rings. The van der Waals surface area contributed by atoms with Crippen molar-refractivity contribution in [1.29, 1.82) is 0 Å². The lowest BCUT2D eigenvalue weighted by Crippen LogP contribution is -1.92. The molecule has 0 atom stereocenters. The van der Waals surface area contributed by atoms with E-state index >= 15 is 0 Å². The summed E-state index contributed by atoms with van der Waals surface area (Å²) in [5, 5.41) is 3.00. The van der Waals surface area contributed by atoms with Crippen LogP contribution in [0.1, 0.15) is 0 Å². The van der Waals surface area contributed by atoms with E-state index in [1.807, 2.05) is 42.2 Å². The van der Waals surface area contributed by atoms with Gasteiger partial charge in [0.15, 0.2) is 0 Å². The first-order valence-corrected chi connectivity index (χ1v) is 7.42. The van der Waals surface area contributed by atoms with Crippen LogP contribution in [0.25, 0.3) is 27.3 Å². The lowest BCUT2D eigenvalue weighted by molar-refractivity contribution is 1.09. The molecule has 0 spiro atoms. The molecule has 4 aromatic rings. The van der Waals surface area contributed by atoms with Gasteiger partial charge in [0.25, 0.3) is 0 Å². The van der Waals surface area contributed by atoms with E-state index in [0.717, 1.165) is 33.0 Å². The quantitative estimate of drug-likeness (QED) is 0.573. The molecule has 0 aliphatic carbocycles. The van der Waals surface area contributed by atoms with Crippen LogP contribution in [0.15, 0.2) is 60.4 Å². The van der Waals surface area contributed by atoms with Crippen LogP contribution in [-0.2, 0) is 0 Å². The molecular weight excluding hydrogens is 280 g/mol. The first-order chi connectivity index (χ1) is 10.3. The van der Waals surface area contributed by atoms with Crippen LogP contribution >= 0.6 is 11.3 Å². The summed E-state index contributed by atoms with van der Waals surface area (Å²) in [6.45, 7) is 0. The van der Waals surface area contributed by atoms with Crippen LogP contribution in [0, 0.1) is 0 Å². The molecule has 4 rings (SSSR count). The zero-order valence-electron chi connectivity index (χ0n) is 11.1. The van der Waals surface area contributed by atoms with Crippen LogP contribution in [0.2, 0.25) is 0 Å². The Morgan fingerprint density at radius 2 is 2.00 bits per heavy atom. The molecule has 21 heavy (non-hydrogen) atoms. The number of fused-ring (bicyclic) bond motifs is 1. The molecule has 0 aliphatic heterocycles. The Balaban J connectivity index is 1.87. The van der Waals surface area contributed by atoms with E-state index in [1.54, 1.807) is 11.3 Å². The zero-order chi connectivity index (χ0) is 14.2. The number of imidazole rings is 1. The number of hydrogen-bond donors (Lipinski definition) is 1. The van der Waals surface area contributed by atoms with Gasteiger partial charge in [-0.15, -0.1) is 11.3 Å². The predicted molar refractivity (Wildman–Crippen MR) is 86.6 cm³/mol. The monoisotopic (exact) mass is 292 g/mol. The largest absolute Gasteiger partial charge is 0.399 e. The summed E-state index contributed by atoms with van der Waals surface area (Å²) in [4.78, 5) is 8.78. The van der Waals surface area contributed by atoms with Crippen LogP contribution in [0.5, 0.6) is 0 Å². The van der Waals surface area contributed by atoms with Gasteiger partial charge >= 0.3 is 0 Å². The fraction of sp³-hybridized carbons (Fsp3) is 0. The molecule has 102 valence electrons. The fourth-order valence-electron chi connectivity index (χ4n) is 2.39. The van der Waals surface area contributed by atoms with Crippen molar-refractivity contribution in [2.24, 2.45) is 0 Å². The van der Waals surface area contributed by atoms with Gasteiger partial charge in [-0.1, -0.05) is 12.1 Å². The van der Waals surface area contributed by atoms with Gasteiger partial charge in [0.2, 0.25) is 0 Å². The van der Waals surface area contributed by atoms with Crippen LogP contribution in [0.4, 0.5) is 5.69 Å². The van der Waals surface area contributed by atoms with Crippen molar-refractivity contribution >= 4 is 28.1 Å². The molecule has 2 aromatic heterocycles. The summed E-state index contributed by atoms with van der Waals surface area (Å²) in [5.74, 6) is 0. The minimum atomic E-state index is 0.726. The van der Waals surface area contributed by atoms with E-state index in [4.69, 9.17) is 5.73 Å². The number of aromatic nitrogens is 3. The summed E-state index contributed by atoms with van der Waals surface area (Å²) in [6.07, 6.45) is 3.65. The second-order valence-electron chi connectivity index (χ2n) is 4.75. The minimum Gasteiger partial charge on any atom is -0.399 e. The van der Waals surface area contributed by atoms with E-state index in [0.29, 0.717) is 0 Å². The topological polar surface area (TPSA) is 56.7 Å². The first kappa shape index (κ1) is 12.1. The molecule has 0 amide bonds. The number of anilines is 1. The maximum absolute atomic E-state index is 5.80. The van der Waals surface area contributed by atoms with E-state index in [-0.39, 0.29) is 0 Å². The smallest absolute Gasteiger partial charge is 0.123 e. The van der Waals surface area contributed by atoms with Crippen molar-refractivity contribution in [2.45, 2.75) is 0 Å². The van der Waals surface area contributed by atoms with Crippen molar-refractivity contribution < 1.29 is 0 Å². The van der Waals surface area contributed by atoms with Gasteiger partial charge in [-0.3, -0.25) is 4.57 Å². The summed E-state index contributed by atoms with van der Waals surface area (Å²) < 4.78 is 2.06. The first-order valence-electron chi connectivity index (χ1n) is 6.54. The van der Waals surface area contributed by atoms with Crippen molar-refractivity contribution in [3.63, 3.8) is 0 Å². The Morgan fingerprint density at radius 3 is 2.86 bits per heavy atom. The summed E-state index contributed by atoms with van der Waals surface area (Å²) >= 11 is 1.64. The number of benzene rings is 2. The number of nitrogen functional groups attached to an aromatic ring is 1. The third-order valence-corrected chi connectivity index (χ3v) is 4.20. The molecule has 0 saturated heterocycles. The van der Waals surface area contributed by atoms with Gasteiger partial charge in [0.1, 0.15) is 11.3 Å². The van der Waals surface area contributed by atoms with Crippen LogP contribution in [-0.4, -0.2) is 14.5 Å². The Morgan fingerprint density at radius 1 is 1.05 bits per heavy atom. The summed E-state index contributed by atoms with van der Waals surface area (Å²) in [7, 11) is 0. The van der Waals surface area contributed by atoms with E-state index in [1.165, 1.54) is 0 Å². The molecule has 4 nitrogen and oxygen atoms in total. The number of rotatable bonds is 2. The highest BCUT2D eigenvalue weighted by atomic mass is 32.1. The Labute approximate surface area is 125 Å². The van der Waals surface area contributed by atoms with Gasteiger partial charge in [0, 0.05) is 28.5 Å². The molecule has 0 saturated carbocycles. The summed E-state index contributed by atoms with van der Waals surface area (Å²) in [5.41, 5.74) is 10.6. The Hall–Kier alpha value is -2.66. The van der Waals surface area contributed by atoms with Crippen molar-refractivity contribution in [2.75, 3.05) is 5.73 Å². The molecule has 0 bridgehead atoms. The van der Waals surface area contributed by atoms with Crippen molar-refractivity contribution in [1.82, 2.24) is 14.5 Å². The Kier molecular flexibility index (Phi) is 2.72. The molecule has 5 heteroatoms. The highest BCUT2D eigenvalue weighted by molar-refractivity contribution is 7.13. The summed E-state index contributed by atoms with van der Waals surface area (Å²) in [6, 6.07) is 14.1. The molecule has 0 fully saturated rings. The number of thiazole rings is 1. The highest BCUT2D eigenvalue weighted by Gasteiger charge is 2.07. The van der Waals surface area contributed by atoms with Crippen molar-refractivity contribution in [3.05, 3.63) is 60.4 Å². The standard InChI is InChI=1S/C16H12N4S/c17-12-4-5-15-14(9-12)19-10-20(15)13-3-1-2-11(8-13)16-18-6-7-21-16/h1-10H,17H2. The molecule has 2 heterocycles. The maximum Gasteiger partial charge on any atom is 0.123 e. The van der Waals surface area contributed by atoms with E-state index in [2.05, 4.69) is 32.7 Å². The number of nitrogens with two attached hydrogens (primary N) is 1. The molecule has 0 unspecified atom stereocenters. The molecular formula is C16H12N4S. The van der Waals surface area contributed by atoms with Gasteiger partial charge in [-0.05, 0) is 30.3 Å². The Bertz CT molecular complexity index is 909. The minimum absolute atomic E-state index is 0.726. The number of nitrogens with zero attached hydrogens (tertiary/aromatic N) is 3. The predicted octanol–water partition coefficient (Wildman–Crippen LogP) is 3.73. The molecule has 0 radical (unpaired) electrons. The van der Waals surface area contributed by atoms with E-state index < -0.39 is 0 Å². The normalized spacial score (nSPS) is 11.0. The maximum atomic E-state index is 5.80. The van der Waals surface area contributed by atoms with Crippen molar-refractivity contribution in [3.8, 4) is 16.3 Å². The van der Waals surface area contributed by atoms with Gasteiger partial charge in [-0.2, -0.15) is 0 Å².